The van der Waals surface area contributed by atoms with Gasteiger partial charge in [-0.1, -0.05) is 51.8 Å². The number of nitrogens with zero attached hydrogens (tertiary/aromatic N) is 2. The minimum Gasteiger partial charge on any atom is -0.481 e. The molecule has 1 heterocycles. The van der Waals surface area contributed by atoms with E-state index >= 15 is 0 Å². The van der Waals surface area contributed by atoms with Crippen molar-refractivity contribution in [3.05, 3.63) is 11.9 Å². The highest BCUT2D eigenvalue weighted by Crippen LogP contribution is 2.36. The van der Waals surface area contributed by atoms with Gasteiger partial charge < -0.3 is 9.67 Å². The van der Waals surface area contributed by atoms with Crippen molar-refractivity contribution in [2.45, 2.75) is 69.5 Å². The highest BCUT2D eigenvalue weighted by atomic mass is 32.2. The summed E-state index contributed by atoms with van der Waals surface area (Å²) in [7, 11) is 0. The zero-order chi connectivity index (χ0) is 14.8. The predicted molar refractivity (Wildman–Crippen MR) is 81.4 cm³/mol. The molecule has 4 nitrogen and oxygen atoms in total. The van der Waals surface area contributed by atoms with Crippen LogP contribution in [-0.4, -0.2) is 26.4 Å². The predicted octanol–water partition coefficient (Wildman–Crippen LogP) is 3.86. The second-order valence-corrected chi connectivity index (χ2v) is 7.46. The number of carbonyl (C=O) groups is 1. The molecule has 1 N–H and O–H groups in total. The number of hydrogen-bond donors (Lipinski definition) is 1. The van der Waals surface area contributed by atoms with E-state index in [1.54, 1.807) is 0 Å². The Balaban J connectivity index is 2.31. The summed E-state index contributed by atoms with van der Waals surface area (Å²) in [5.74, 6) is -0.710. The molecule has 1 aromatic heterocycles. The maximum atomic E-state index is 10.8. The SMILES string of the molecule is CC(C)(C)c1cnc(SCC(=O)O)n1C1CCCCC1. The summed E-state index contributed by atoms with van der Waals surface area (Å²) >= 11 is 1.34. The van der Waals surface area contributed by atoms with Crippen molar-refractivity contribution in [2.75, 3.05) is 5.75 Å². The van der Waals surface area contributed by atoms with Gasteiger partial charge in [-0.2, -0.15) is 0 Å². The lowest BCUT2D eigenvalue weighted by Gasteiger charge is -2.30. The molecule has 0 atom stereocenters. The first kappa shape index (κ1) is 15.4. The Morgan fingerprint density at radius 1 is 1.40 bits per heavy atom. The highest BCUT2D eigenvalue weighted by molar-refractivity contribution is 7.99. The van der Waals surface area contributed by atoms with Crippen LogP contribution in [-0.2, 0) is 10.2 Å². The number of hydrogen-bond acceptors (Lipinski definition) is 3. The maximum absolute atomic E-state index is 10.8. The van der Waals surface area contributed by atoms with E-state index in [4.69, 9.17) is 5.11 Å². The molecule has 0 aliphatic heterocycles. The summed E-state index contributed by atoms with van der Waals surface area (Å²) in [6.45, 7) is 6.57. The third-order valence-corrected chi connectivity index (χ3v) is 4.75. The van der Waals surface area contributed by atoms with E-state index in [0.29, 0.717) is 6.04 Å². The van der Waals surface area contributed by atoms with Gasteiger partial charge >= 0.3 is 5.97 Å². The molecule has 2 rings (SSSR count). The van der Waals surface area contributed by atoms with Crippen LogP contribution >= 0.6 is 11.8 Å². The topological polar surface area (TPSA) is 55.1 Å². The summed E-state index contributed by atoms with van der Waals surface area (Å²) in [5, 5.41) is 9.75. The summed E-state index contributed by atoms with van der Waals surface area (Å²) in [4.78, 5) is 15.3. The van der Waals surface area contributed by atoms with Crippen LogP contribution in [0.25, 0.3) is 0 Å². The van der Waals surface area contributed by atoms with Gasteiger partial charge in [0.1, 0.15) is 0 Å². The molecule has 1 aromatic rings. The minimum atomic E-state index is -0.787. The molecular weight excluding hydrogens is 272 g/mol. The standard InChI is InChI=1S/C15H24N2O2S/c1-15(2,3)12-9-16-14(20-10-13(18)19)17(12)11-7-5-4-6-8-11/h9,11H,4-8,10H2,1-3H3,(H,18,19). The third kappa shape index (κ3) is 3.57. The molecule has 5 heteroatoms. The summed E-state index contributed by atoms with van der Waals surface area (Å²) in [5.41, 5.74) is 1.25. The summed E-state index contributed by atoms with van der Waals surface area (Å²) < 4.78 is 2.31. The Bertz CT molecular complexity index is 471. The van der Waals surface area contributed by atoms with Crippen molar-refractivity contribution in [2.24, 2.45) is 0 Å². The lowest BCUT2D eigenvalue weighted by molar-refractivity contribution is -0.133. The number of thioether (sulfide) groups is 1. The van der Waals surface area contributed by atoms with Crippen molar-refractivity contribution in [3.63, 3.8) is 0 Å². The van der Waals surface area contributed by atoms with Crippen molar-refractivity contribution in [1.29, 1.82) is 0 Å². The van der Waals surface area contributed by atoms with E-state index < -0.39 is 5.97 Å². The van der Waals surface area contributed by atoms with Crippen LogP contribution in [0.15, 0.2) is 11.4 Å². The van der Waals surface area contributed by atoms with Crippen molar-refractivity contribution >= 4 is 17.7 Å². The van der Waals surface area contributed by atoms with Gasteiger partial charge in [-0.05, 0) is 12.8 Å². The molecule has 0 aromatic carbocycles. The van der Waals surface area contributed by atoms with Gasteiger partial charge in [-0.25, -0.2) is 4.98 Å². The van der Waals surface area contributed by atoms with Crippen molar-refractivity contribution < 1.29 is 9.90 Å². The van der Waals surface area contributed by atoms with Crippen LogP contribution in [0.3, 0.4) is 0 Å². The van der Waals surface area contributed by atoms with Crippen LogP contribution in [0.2, 0.25) is 0 Å². The first-order chi connectivity index (χ1) is 9.39. The molecule has 1 aliphatic rings. The van der Waals surface area contributed by atoms with Gasteiger partial charge in [0.2, 0.25) is 0 Å². The minimum absolute atomic E-state index is 0.0342. The first-order valence-corrected chi connectivity index (χ1v) is 8.30. The Morgan fingerprint density at radius 2 is 2.05 bits per heavy atom. The van der Waals surface area contributed by atoms with E-state index in [1.807, 2.05) is 6.20 Å². The second-order valence-electron chi connectivity index (χ2n) is 6.52. The largest absolute Gasteiger partial charge is 0.481 e. The van der Waals surface area contributed by atoms with Crippen LogP contribution in [0.4, 0.5) is 0 Å². The molecular formula is C15H24N2O2S. The molecule has 1 fully saturated rings. The number of carboxylic acid groups (broad SMARTS) is 1. The molecule has 0 unspecified atom stereocenters. The van der Waals surface area contributed by atoms with Crippen LogP contribution in [0, 0.1) is 0 Å². The van der Waals surface area contributed by atoms with E-state index in [-0.39, 0.29) is 11.2 Å². The fourth-order valence-electron chi connectivity index (χ4n) is 2.82. The number of carboxylic acids is 1. The first-order valence-electron chi connectivity index (χ1n) is 7.32. The molecule has 1 saturated carbocycles. The normalized spacial score (nSPS) is 17.4. The third-order valence-electron chi connectivity index (χ3n) is 3.80. The second kappa shape index (κ2) is 6.20. The van der Waals surface area contributed by atoms with E-state index in [0.717, 1.165) is 5.16 Å². The molecule has 0 radical (unpaired) electrons. The van der Waals surface area contributed by atoms with Gasteiger partial charge in [0.05, 0.1) is 5.75 Å². The molecule has 1 aliphatic carbocycles. The number of imidazole rings is 1. The average molecular weight is 296 g/mol. The zero-order valence-electron chi connectivity index (χ0n) is 12.6. The lowest BCUT2D eigenvalue weighted by Crippen LogP contribution is -2.23. The van der Waals surface area contributed by atoms with Gasteiger partial charge in [0, 0.05) is 23.3 Å². The Labute approximate surface area is 125 Å². The number of aromatic nitrogens is 2. The molecule has 0 saturated heterocycles. The monoisotopic (exact) mass is 296 g/mol. The molecule has 0 bridgehead atoms. The van der Waals surface area contributed by atoms with Crippen LogP contribution in [0.5, 0.6) is 0 Å². The van der Waals surface area contributed by atoms with Gasteiger partial charge in [-0.3, -0.25) is 4.79 Å². The quantitative estimate of drug-likeness (QED) is 0.857. The highest BCUT2D eigenvalue weighted by Gasteiger charge is 2.27. The smallest absolute Gasteiger partial charge is 0.313 e. The Kier molecular flexibility index (Phi) is 4.78. The summed E-state index contributed by atoms with van der Waals surface area (Å²) in [6, 6.07) is 0.483. The Hall–Kier alpha value is -0.970. The fraction of sp³-hybridized carbons (Fsp3) is 0.733. The van der Waals surface area contributed by atoms with E-state index in [2.05, 4.69) is 30.3 Å². The van der Waals surface area contributed by atoms with Gasteiger partial charge in [0.15, 0.2) is 5.16 Å². The van der Waals surface area contributed by atoms with E-state index in [9.17, 15) is 4.79 Å². The molecule has 20 heavy (non-hydrogen) atoms. The van der Waals surface area contributed by atoms with Crippen molar-refractivity contribution in [1.82, 2.24) is 9.55 Å². The molecule has 0 amide bonds. The Morgan fingerprint density at radius 3 is 2.60 bits per heavy atom. The summed E-state index contributed by atoms with van der Waals surface area (Å²) in [6.07, 6.45) is 8.12. The number of rotatable bonds is 4. The lowest BCUT2D eigenvalue weighted by atomic mass is 9.90. The zero-order valence-corrected chi connectivity index (χ0v) is 13.4. The van der Waals surface area contributed by atoms with Crippen molar-refractivity contribution in [3.8, 4) is 0 Å². The van der Waals surface area contributed by atoms with Crippen LogP contribution in [0.1, 0.15) is 64.6 Å². The van der Waals surface area contributed by atoms with Gasteiger partial charge in [-0.15, -0.1) is 0 Å². The fourth-order valence-corrected chi connectivity index (χ4v) is 3.59. The molecule has 0 spiro atoms. The van der Waals surface area contributed by atoms with E-state index in [1.165, 1.54) is 49.6 Å². The number of aliphatic carboxylic acids is 1. The molecule has 112 valence electrons. The van der Waals surface area contributed by atoms with Gasteiger partial charge in [0.25, 0.3) is 0 Å². The average Bonchev–Trinajstić information content (AvgIpc) is 2.81. The van der Waals surface area contributed by atoms with Crippen LogP contribution < -0.4 is 0 Å². The maximum Gasteiger partial charge on any atom is 0.313 e.